The van der Waals surface area contributed by atoms with Gasteiger partial charge in [-0.05, 0) is 30.9 Å². The molecule has 4 rings (SSSR count). The van der Waals surface area contributed by atoms with Gasteiger partial charge in [-0.25, -0.2) is 0 Å². The number of aliphatic hydroxyl groups excluding tert-OH is 1. The average molecular weight is 357 g/mol. The first kappa shape index (κ1) is 16.7. The van der Waals surface area contributed by atoms with E-state index >= 15 is 0 Å². The van der Waals surface area contributed by atoms with E-state index < -0.39 is 23.8 Å². The van der Waals surface area contributed by atoms with Crippen LogP contribution in [-0.4, -0.2) is 59.4 Å². The second-order valence-electron chi connectivity index (χ2n) is 6.93. The highest BCUT2D eigenvalue weighted by Gasteiger charge is 2.46. The fourth-order valence-electron chi connectivity index (χ4n) is 3.89. The highest BCUT2D eigenvalue weighted by Crippen LogP contribution is 2.37. The van der Waals surface area contributed by atoms with E-state index in [0.717, 1.165) is 18.0 Å². The molecule has 136 valence electrons. The molecular weight excluding hydrogens is 338 g/mol. The molecule has 2 N–H and O–H groups in total. The number of amides is 4. The summed E-state index contributed by atoms with van der Waals surface area (Å²) in [6, 6.07) is 4.17. The molecule has 0 bridgehead atoms. The van der Waals surface area contributed by atoms with E-state index in [1.807, 2.05) is 4.90 Å². The monoisotopic (exact) mass is 357 g/mol. The summed E-state index contributed by atoms with van der Waals surface area (Å²) in [6.45, 7) is 1.57. The number of nitrogens with zero attached hydrogens (tertiary/aromatic N) is 2. The zero-order chi connectivity index (χ0) is 18.4. The number of fused-ring (bicyclic) bond motifs is 1. The van der Waals surface area contributed by atoms with Crippen molar-refractivity contribution in [3.63, 3.8) is 0 Å². The predicted molar refractivity (Wildman–Crippen MR) is 90.5 cm³/mol. The van der Waals surface area contributed by atoms with Gasteiger partial charge in [0.2, 0.25) is 11.8 Å². The first-order valence-electron chi connectivity index (χ1n) is 8.71. The van der Waals surface area contributed by atoms with Crippen molar-refractivity contribution in [2.75, 3.05) is 24.6 Å². The van der Waals surface area contributed by atoms with Gasteiger partial charge in [-0.1, -0.05) is 6.07 Å². The van der Waals surface area contributed by atoms with Crippen LogP contribution in [0, 0.1) is 5.92 Å². The Morgan fingerprint density at radius 1 is 1.12 bits per heavy atom. The third-order valence-electron chi connectivity index (χ3n) is 5.28. The first-order valence-corrected chi connectivity index (χ1v) is 8.71. The van der Waals surface area contributed by atoms with Crippen molar-refractivity contribution in [1.82, 2.24) is 10.2 Å². The van der Waals surface area contributed by atoms with Gasteiger partial charge in [-0.3, -0.25) is 29.4 Å². The predicted octanol–water partition coefficient (Wildman–Crippen LogP) is -0.0936. The van der Waals surface area contributed by atoms with Gasteiger partial charge in [0.05, 0.1) is 16.8 Å². The molecule has 1 atom stereocenters. The van der Waals surface area contributed by atoms with Crippen LogP contribution < -0.4 is 10.2 Å². The molecule has 0 radical (unpaired) electrons. The summed E-state index contributed by atoms with van der Waals surface area (Å²) in [7, 11) is 0. The molecule has 8 nitrogen and oxygen atoms in total. The average Bonchev–Trinajstić information content (AvgIpc) is 2.83. The number of carbonyl (C=O) groups excluding carboxylic acids is 4. The van der Waals surface area contributed by atoms with Crippen LogP contribution in [0.1, 0.15) is 40.0 Å². The van der Waals surface area contributed by atoms with Crippen LogP contribution in [0.5, 0.6) is 0 Å². The molecule has 2 saturated heterocycles. The van der Waals surface area contributed by atoms with Gasteiger partial charge in [0.15, 0.2) is 0 Å². The summed E-state index contributed by atoms with van der Waals surface area (Å²) in [4.78, 5) is 52.2. The molecule has 26 heavy (non-hydrogen) atoms. The summed E-state index contributed by atoms with van der Waals surface area (Å²) < 4.78 is 0. The zero-order valence-corrected chi connectivity index (χ0v) is 14.1. The van der Waals surface area contributed by atoms with E-state index in [1.54, 1.807) is 18.2 Å². The standard InChI is InChI=1S/C18H19N3O5/c22-7-6-10-8-20(9-10)12-3-1-2-11-15(12)18(26)21(17(11)25)13-4-5-14(23)19-16(13)24/h1-3,10,13,22H,4-9H2,(H,19,23,24)/t13-/m0/s1. The molecule has 4 amide bonds. The molecule has 2 fully saturated rings. The number of nitrogens with one attached hydrogen (secondary N) is 1. The van der Waals surface area contributed by atoms with Crippen LogP contribution in [-0.2, 0) is 9.59 Å². The summed E-state index contributed by atoms with van der Waals surface area (Å²) in [5.74, 6) is -1.60. The van der Waals surface area contributed by atoms with Crippen molar-refractivity contribution in [2.24, 2.45) is 5.92 Å². The number of benzene rings is 1. The number of hydrogen-bond acceptors (Lipinski definition) is 6. The van der Waals surface area contributed by atoms with Gasteiger partial charge < -0.3 is 10.0 Å². The van der Waals surface area contributed by atoms with Gasteiger partial charge in [0.25, 0.3) is 11.8 Å². The number of carbonyl (C=O) groups is 4. The van der Waals surface area contributed by atoms with Gasteiger partial charge in [-0.15, -0.1) is 0 Å². The minimum Gasteiger partial charge on any atom is -0.396 e. The molecule has 3 aliphatic heterocycles. The Hall–Kier alpha value is -2.74. The van der Waals surface area contributed by atoms with Crippen molar-refractivity contribution in [2.45, 2.75) is 25.3 Å². The SMILES string of the molecule is O=C1CC[C@H](N2C(=O)c3cccc(N4CC(CCO)C4)c3C2=O)C(=O)N1. The van der Waals surface area contributed by atoms with Crippen LogP contribution in [0.3, 0.4) is 0 Å². The molecule has 1 aromatic carbocycles. The highest BCUT2D eigenvalue weighted by atomic mass is 16.3. The third kappa shape index (κ3) is 2.48. The van der Waals surface area contributed by atoms with E-state index in [2.05, 4.69) is 5.32 Å². The van der Waals surface area contributed by atoms with Crippen LogP contribution in [0.25, 0.3) is 0 Å². The molecular formula is C18H19N3O5. The first-order chi connectivity index (χ1) is 12.5. The van der Waals surface area contributed by atoms with Gasteiger partial charge >= 0.3 is 0 Å². The van der Waals surface area contributed by atoms with Crippen molar-refractivity contribution in [3.05, 3.63) is 29.3 Å². The Morgan fingerprint density at radius 3 is 2.58 bits per heavy atom. The molecule has 3 heterocycles. The number of anilines is 1. The number of piperidine rings is 1. The molecule has 0 aromatic heterocycles. The van der Waals surface area contributed by atoms with Gasteiger partial charge in [0.1, 0.15) is 6.04 Å². The molecule has 0 unspecified atom stereocenters. The molecule has 1 aromatic rings. The Labute approximate surface area is 149 Å². The lowest BCUT2D eigenvalue weighted by Crippen LogP contribution is -2.54. The highest BCUT2D eigenvalue weighted by molar-refractivity contribution is 6.25. The Bertz CT molecular complexity index is 815. The zero-order valence-electron chi connectivity index (χ0n) is 14.1. The fourth-order valence-corrected chi connectivity index (χ4v) is 3.89. The maximum absolute atomic E-state index is 13.0. The minimum atomic E-state index is -0.952. The smallest absolute Gasteiger partial charge is 0.264 e. The van der Waals surface area contributed by atoms with Crippen molar-refractivity contribution in [3.8, 4) is 0 Å². The lowest BCUT2D eigenvalue weighted by Gasteiger charge is -2.41. The third-order valence-corrected chi connectivity index (χ3v) is 5.28. The number of imide groups is 2. The van der Waals surface area contributed by atoms with Crippen LogP contribution in [0.15, 0.2) is 18.2 Å². The lowest BCUT2D eigenvalue weighted by molar-refractivity contribution is -0.136. The molecule has 0 spiro atoms. The molecule has 8 heteroatoms. The van der Waals surface area contributed by atoms with E-state index in [9.17, 15) is 19.2 Å². The second-order valence-corrected chi connectivity index (χ2v) is 6.93. The normalized spacial score (nSPS) is 23.2. The van der Waals surface area contributed by atoms with Crippen LogP contribution >= 0.6 is 0 Å². The topological polar surface area (TPSA) is 107 Å². The van der Waals surface area contributed by atoms with Crippen molar-refractivity contribution in [1.29, 1.82) is 0 Å². The molecule has 0 saturated carbocycles. The van der Waals surface area contributed by atoms with Crippen molar-refractivity contribution >= 4 is 29.3 Å². The summed E-state index contributed by atoms with van der Waals surface area (Å²) in [5.41, 5.74) is 1.30. The Balaban J connectivity index is 1.62. The largest absolute Gasteiger partial charge is 0.396 e. The molecule has 3 aliphatic rings. The Kier molecular flexibility index (Phi) is 3.99. The summed E-state index contributed by atoms with van der Waals surface area (Å²) in [6.07, 6.45) is 0.959. The van der Waals surface area contributed by atoms with Crippen LogP contribution in [0.4, 0.5) is 5.69 Å². The number of aliphatic hydroxyl groups is 1. The maximum atomic E-state index is 13.0. The summed E-state index contributed by atoms with van der Waals surface area (Å²) in [5, 5.41) is 11.2. The summed E-state index contributed by atoms with van der Waals surface area (Å²) >= 11 is 0. The van der Waals surface area contributed by atoms with Gasteiger partial charge in [-0.2, -0.15) is 0 Å². The maximum Gasteiger partial charge on any atom is 0.264 e. The minimum absolute atomic E-state index is 0.103. The van der Waals surface area contributed by atoms with E-state index in [4.69, 9.17) is 5.11 Å². The quantitative estimate of drug-likeness (QED) is 0.729. The second kappa shape index (κ2) is 6.21. The molecule has 0 aliphatic carbocycles. The van der Waals surface area contributed by atoms with Gasteiger partial charge in [0, 0.05) is 26.1 Å². The number of hydrogen-bond donors (Lipinski definition) is 2. The van der Waals surface area contributed by atoms with E-state index in [-0.39, 0.29) is 25.4 Å². The van der Waals surface area contributed by atoms with Crippen LogP contribution in [0.2, 0.25) is 0 Å². The van der Waals surface area contributed by atoms with E-state index in [1.165, 1.54) is 0 Å². The Morgan fingerprint density at radius 2 is 1.88 bits per heavy atom. The fraction of sp³-hybridized carbons (Fsp3) is 0.444. The lowest BCUT2D eigenvalue weighted by atomic mass is 9.94. The van der Waals surface area contributed by atoms with E-state index in [0.29, 0.717) is 29.2 Å². The van der Waals surface area contributed by atoms with Crippen molar-refractivity contribution < 1.29 is 24.3 Å². The number of rotatable bonds is 4.